The van der Waals surface area contributed by atoms with Crippen LogP contribution in [0.25, 0.3) is 11.0 Å². The van der Waals surface area contributed by atoms with Crippen molar-refractivity contribution in [2.45, 2.75) is 51.5 Å². The Kier molecular flexibility index (Phi) is 3.91. The van der Waals surface area contributed by atoms with Gasteiger partial charge in [-0.05, 0) is 24.3 Å². The van der Waals surface area contributed by atoms with Crippen molar-refractivity contribution in [3.8, 4) is 0 Å². The summed E-state index contributed by atoms with van der Waals surface area (Å²) in [4.78, 5) is 4.51. The van der Waals surface area contributed by atoms with Gasteiger partial charge in [0.2, 0.25) is 0 Å². The molecule has 2 nitrogen and oxygen atoms in total. The van der Waals surface area contributed by atoms with Gasteiger partial charge in [0.05, 0.1) is 21.9 Å². The molecule has 0 radical (unpaired) electrons. The van der Waals surface area contributed by atoms with Gasteiger partial charge in [-0.15, -0.1) is 11.6 Å². The molecule has 0 saturated heterocycles. The van der Waals surface area contributed by atoms with Gasteiger partial charge in [0.1, 0.15) is 11.6 Å². The first kappa shape index (κ1) is 15.1. The molecule has 3 rings (SSSR count). The van der Waals surface area contributed by atoms with Gasteiger partial charge in [0.15, 0.2) is 0 Å². The Labute approximate surface area is 134 Å². The van der Waals surface area contributed by atoms with Gasteiger partial charge in [-0.3, -0.25) is 0 Å². The molecular weight excluding hydrogens is 310 g/mol. The van der Waals surface area contributed by atoms with E-state index in [1.807, 2.05) is 0 Å². The highest BCUT2D eigenvalue weighted by atomic mass is 35.5. The van der Waals surface area contributed by atoms with Crippen LogP contribution in [0.2, 0.25) is 5.02 Å². The van der Waals surface area contributed by atoms with Crippen molar-refractivity contribution >= 4 is 34.2 Å². The maximum Gasteiger partial charge on any atom is 0.144 e. The number of imidazole rings is 1. The Hall–Kier alpha value is -0.800. The zero-order valence-corrected chi connectivity index (χ0v) is 13.8. The summed E-state index contributed by atoms with van der Waals surface area (Å²) in [6.07, 6.45) is 4.72. The second kappa shape index (κ2) is 5.44. The summed E-state index contributed by atoms with van der Waals surface area (Å²) in [5.41, 5.74) is 1.69. The van der Waals surface area contributed by atoms with E-state index in [-0.39, 0.29) is 10.4 Å². The van der Waals surface area contributed by atoms with E-state index in [9.17, 15) is 4.39 Å². The number of halogens is 3. The quantitative estimate of drug-likeness (QED) is 0.645. The van der Waals surface area contributed by atoms with Crippen molar-refractivity contribution in [3.05, 3.63) is 28.8 Å². The summed E-state index contributed by atoms with van der Waals surface area (Å²) in [6, 6.07) is 3.41. The molecule has 1 aliphatic carbocycles. The fourth-order valence-electron chi connectivity index (χ4n) is 3.54. The predicted octanol–water partition coefficient (Wildman–Crippen LogP) is 5.71. The third kappa shape index (κ3) is 2.55. The number of hydrogen-bond donors (Lipinski definition) is 0. The normalized spacial score (nSPS) is 21.9. The van der Waals surface area contributed by atoms with E-state index in [0.29, 0.717) is 17.4 Å². The SMILES string of the molecule is CC1(C)CCCCC1n1c(CCl)nc2cc(F)c(Cl)cc21. The highest BCUT2D eigenvalue weighted by Crippen LogP contribution is 2.45. The average Bonchev–Trinajstić information content (AvgIpc) is 2.76. The van der Waals surface area contributed by atoms with Crippen molar-refractivity contribution in [3.63, 3.8) is 0 Å². The van der Waals surface area contributed by atoms with Crippen LogP contribution in [0.5, 0.6) is 0 Å². The molecule has 0 aliphatic heterocycles. The number of alkyl halides is 1. The molecule has 1 aliphatic rings. The summed E-state index contributed by atoms with van der Waals surface area (Å²) in [7, 11) is 0. The second-order valence-electron chi connectivity index (χ2n) is 6.54. The number of rotatable bonds is 2. The molecule has 1 unspecified atom stereocenters. The Morgan fingerprint density at radius 2 is 2.14 bits per heavy atom. The predicted molar refractivity (Wildman–Crippen MR) is 85.5 cm³/mol. The monoisotopic (exact) mass is 328 g/mol. The van der Waals surface area contributed by atoms with Crippen molar-refractivity contribution in [2.75, 3.05) is 0 Å². The highest BCUT2D eigenvalue weighted by Gasteiger charge is 2.35. The van der Waals surface area contributed by atoms with Crippen LogP contribution in [-0.4, -0.2) is 9.55 Å². The van der Waals surface area contributed by atoms with E-state index >= 15 is 0 Å². The minimum absolute atomic E-state index is 0.137. The average molecular weight is 329 g/mol. The zero-order chi connectivity index (χ0) is 15.2. The lowest BCUT2D eigenvalue weighted by Gasteiger charge is -2.40. The lowest BCUT2D eigenvalue weighted by molar-refractivity contribution is 0.145. The van der Waals surface area contributed by atoms with Crippen LogP contribution in [0.3, 0.4) is 0 Å². The van der Waals surface area contributed by atoms with Crippen molar-refractivity contribution in [1.82, 2.24) is 9.55 Å². The lowest BCUT2D eigenvalue weighted by atomic mass is 9.73. The van der Waals surface area contributed by atoms with Crippen LogP contribution in [0.4, 0.5) is 4.39 Å². The first-order valence-corrected chi connectivity index (χ1v) is 8.27. The van der Waals surface area contributed by atoms with Crippen LogP contribution in [0.15, 0.2) is 12.1 Å². The number of fused-ring (bicyclic) bond motifs is 1. The second-order valence-corrected chi connectivity index (χ2v) is 7.21. The van der Waals surface area contributed by atoms with Crippen molar-refractivity contribution < 1.29 is 4.39 Å². The summed E-state index contributed by atoms with van der Waals surface area (Å²) in [5.74, 6) is 0.687. The summed E-state index contributed by atoms with van der Waals surface area (Å²) < 4.78 is 15.9. The van der Waals surface area contributed by atoms with E-state index < -0.39 is 5.82 Å². The zero-order valence-electron chi connectivity index (χ0n) is 12.3. The molecule has 0 spiro atoms. The number of aromatic nitrogens is 2. The molecule has 0 N–H and O–H groups in total. The smallest absolute Gasteiger partial charge is 0.144 e. The van der Waals surface area contributed by atoms with E-state index in [1.54, 1.807) is 6.07 Å². The molecule has 1 atom stereocenters. The maximum atomic E-state index is 13.7. The van der Waals surface area contributed by atoms with Gasteiger partial charge in [0, 0.05) is 12.1 Å². The van der Waals surface area contributed by atoms with Crippen molar-refractivity contribution in [1.29, 1.82) is 0 Å². The molecule has 0 amide bonds. The lowest BCUT2D eigenvalue weighted by Crippen LogP contribution is -2.31. The first-order valence-electron chi connectivity index (χ1n) is 7.36. The largest absolute Gasteiger partial charge is 0.323 e. The van der Waals surface area contributed by atoms with Gasteiger partial charge in [0.25, 0.3) is 0 Å². The molecule has 1 aromatic heterocycles. The number of nitrogens with zero attached hydrogens (tertiary/aromatic N) is 2. The number of benzene rings is 1. The third-order valence-electron chi connectivity index (χ3n) is 4.69. The van der Waals surface area contributed by atoms with Gasteiger partial charge in [-0.25, -0.2) is 9.37 Å². The van der Waals surface area contributed by atoms with Crippen LogP contribution in [-0.2, 0) is 5.88 Å². The fourth-order valence-corrected chi connectivity index (χ4v) is 3.88. The first-order chi connectivity index (χ1) is 9.94. The van der Waals surface area contributed by atoms with Crippen LogP contribution in [0, 0.1) is 11.2 Å². The molecule has 5 heteroatoms. The third-order valence-corrected chi connectivity index (χ3v) is 5.22. The molecule has 0 bridgehead atoms. The molecule has 1 heterocycles. The Morgan fingerprint density at radius 1 is 1.38 bits per heavy atom. The van der Waals surface area contributed by atoms with E-state index in [4.69, 9.17) is 23.2 Å². The standard InChI is InChI=1S/C16H19Cl2FN2/c1-16(2)6-4-3-5-14(16)21-13-7-10(18)11(19)8-12(13)20-15(21)9-17/h7-8,14H,3-6,9H2,1-2H3. The topological polar surface area (TPSA) is 17.8 Å². The van der Waals surface area contributed by atoms with Crippen LogP contribution < -0.4 is 0 Å². The summed E-state index contributed by atoms with van der Waals surface area (Å²) >= 11 is 12.1. The Bertz CT molecular complexity index is 678. The molecule has 21 heavy (non-hydrogen) atoms. The minimum atomic E-state index is -0.433. The van der Waals surface area contributed by atoms with E-state index in [2.05, 4.69) is 23.4 Å². The van der Waals surface area contributed by atoms with Gasteiger partial charge in [-0.1, -0.05) is 38.3 Å². The molecule has 1 fully saturated rings. The van der Waals surface area contributed by atoms with Crippen LogP contribution >= 0.6 is 23.2 Å². The molecule has 1 saturated carbocycles. The minimum Gasteiger partial charge on any atom is -0.323 e. The molecule has 1 aromatic carbocycles. The van der Waals surface area contributed by atoms with Gasteiger partial charge in [-0.2, -0.15) is 0 Å². The maximum absolute atomic E-state index is 13.7. The molecule has 2 aromatic rings. The van der Waals surface area contributed by atoms with Crippen molar-refractivity contribution in [2.24, 2.45) is 5.41 Å². The highest BCUT2D eigenvalue weighted by molar-refractivity contribution is 6.31. The Morgan fingerprint density at radius 3 is 2.81 bits per heavy atom. The molecular formula is C16H19Cl2FN2. The summed E-state index contributed by atoms with van der Waals surface area (Å²) in [5, 5.41) is 0.137. The summed E-state index contributed by atoms with van der Waals surface area (Å²) in [6.45, 7) is 4.57. The van der Waals surface area contributed by atoms with Crippen LogP contribution in [0.1, 0.15) is 51.4 Å². The van der Waals surface area contributed by atoms with Gasteiger partial charge < -0.3 is 4.57 Å². The van der Waals surface area contributed by atoms with Gasteiger partial charge >= 0.3 is 0 Å². The van der Waals surface area contributed by atoms with E-state index in [0.717, 1.165) is 17.8 Å². The fraction of sp³-hybridized carbons (Fsp3) is 0.562. The number of hydrogen-bond acceptors (Lipinski definition) is 1. The van der Waals surface area contributed by atoms with E-state index in [1.165, 1.54) is 25.3 Å². The molecule has 114 valence electrons. The Balaban J connectivity index is 2.22.